The number of esters is 1. The van der Waals surface area contributed by atoms with Gasteiger partial charge in [0.05, 0.1) is 18.6 Å². The molecular weight excluding hydrogens is 278 g/mol. The Hall–Kier alpha value is -1.73. The first-order valence-corrected chi connectivity index (χ1v) is 7.15. The van der Waals surface area contributed by atoms with Crippen LogP contribution < -0.4 is 4.90 Å². The molecule has 0 aliphatic heterocycles. The van der Waals surface area contributed by atoms with Crippen molar-refractivity contribution in [3.05, 3.63) is 16.8 Å². The van der Waals surface area contributed by atoms with Crippen LogP contribution in [0.2, 0.25) is 0 Å². The number of aryl methyl sites for hydroxylation is 1. The molecule has 0 saturated heterocycles. The summed E-state index contributed by atoms with van der Waals surface area (Å²) in [6.07, 6.45) is 1.47. The Kier molecular flexibility index (Phi) is 4.51. The molecule has 0 fully saturated rings. The van der Waals surface area contributed by atoms with Crippen LogP contribution in [-0.2, 0) is 4.74 Å². The van der Waals surface area contributed by atoms with Crippen molar-refractivity contribution in [1.82, 2.24) is 9.97 Å². The maximum absolute atomic E-state index is 11.9. The zero-order valence-electron chi connectivity index (χ0n) is 11.7. The maximum Gasteiger partial charge on any atom is 0.348 e. The molecule has 0 unspecified atom stereocenters. The molecule has 1 N–H and O–H groups in total. The number of aromatic nitrogens is 2. The van der Waals surface area contributed by atoms with E-state index in [0.717, 1.165) is 15.8 Å². The molecule has 0 aromatic carbocycles. The lowest BCUT2D eigenvalue weighted by Gasteiger charge is -2.17. The van der Waals surface area contributed by atoms with Gasteiger partial charge in [-0.2, -0.15) is 0 Å². The van der Waals surface area contributed by atoms with Crippen LogP contribution in [0.1, 0.15) is 22.2 Å². The highest BCUT2D eigenvalue weighted by Crippen LogP contribution is 2.34. The van der Waals surface area contributed by atoms with Gasteiger partial charge >= 0.3 is 5.97 Å². The van der Waals surface area contributed by atoms with Crippen LogP contribution in [0, 0.1) is 6.92 Å². The highest BCUT2D eigenvalue weighted by molar-refractivity contribution is 7.20. The Morgan fingerprint density at radius 2 is 2.25 bits per heavy atom. The van der Waals surface area contributed by atoms with E-state index in [1.54, 1.807) is 6.92 Å². The van der Waals surface area contributed by atoms with Gasteiger partial charge in [-0.15, -0.1) is 11.3 Å². The smallest absolute Gasteiger partial charge is 0.348 e. The summed E-state index contributed by atoms with van der Waals surface area (Å²) < 4.78 is 5.06. The fourth-order valence-electron chi connectivity index (χ4n) is 1.99. The predicted molar refractivity (Wildman–Crippen MR) is 78.5 cm³/mol. The Balaban J connectivity index is 2.54. The molecule has 0 aliphatic carbocycles. The number of ether oxygens (including phenoxy) is 1. The molecule has 0 aliphatic rings. The zero-order chi connectivity index (χ0) is 14.7. The SMILES string of the molecule is CCOC(=O)c1sc2ncnc(N(C)CCO)c2c1C. The number of likely N-dealkylation sites (N-methyl/N-ethyl adjacent to an activating group) is 1. The first-order valence-electron chi connectivity index (χ1n) is 6.33. The number of carbonyl (C=O) groups excluding carboxylic acids is 1. The maximum atomic E-state index is 11.9. The number of hydrogen-bond donors (Lipinski definition) is 1. The fraction of sp³-hybridized carbons (Fsp3) is 0.462. The first kappa shape index (κ1) is 14.7. The van der Waals surface area contributed by atoms with Crippen molar-refractivity contribution in [2.45, 2.75) is 13.8 Å². The van der Waals surface area contributed by atoms with Crippen LogP contribution in [0.5, 0.6) is 0 Å². The average Bonchev–Trinajstić information content (AvgIpc) is 2.77. The van der Waals surface area contributed by atoms with Gasteiger partial charge in [-0.3, -0.25) is 0 Å². The van der Waals surface area contributed by atoms with E-state index in [0.29, 0.717) is 23.8 Å². The summed E-state index contributed by atoms with van der Waals surface area (Å²) in [6.45, 7) is 4.49. The lowest BCUT2D eigenvalue weighted by Crippen LogP contribution is -2.22. The Morgan fingerprint density at radius 1 is 1.50 bits per heavy atom. The highest BCUT2D eigenvalue weighted by atomic mass is 32.1. The quantitative estimate of drug-likeness (QED) is 0.845. The van der Waals surface area contributed by atoms with Gasteiger partial charge in [0.1, 0.15) is 21.9 Å². The van der Waals surface area contributed by atoms with Gasteiger partial charge in [-0.25, -0.2) is 14.8 Å². The lowest BCUT2D eigenvalue weighted by atomic mass is 10.2. The summed E-state index contributed by atoms with van der Waals surface area (Å²) in [7, 11) is 1.85. The summed E-state index contributed by atoms with van der Waals surface area (Å²) in [5.41, 5.74) is 0.823. The molecule has 2 rings (SSSR count). The number of aliphatic hydroxyl groups is 1. The number of hydrogen-bond acceptors (Lipinski definition) is 7. The van der Waals surface area contributed by atoms with Crippen LogP contribution in [0.3, 0.4) is 0 Å². The van der Waals surface area contributed by atoms with Crippen LogP contribution in [0.15, 0.2) is 6.33 Å². The summed E-state index contributed by atoms with van der Waals surface area (Å²) in [5, 5.41) is 9.89. The Bertz CT molecular complexity index is 627. The number of thiophene rings is 1. The third-order valence-electron chi connectivity index (χ3n) is 2.96. The molecule has 0 atom stereocenters. The number of carbonyl (C=O) groups is 1. The van der Waals surface area contributed by atoms with Gasteiger partial charge in [0.15, 0.2) is 0 Å². The van der Waals surface area contributed by atoms with Gasteiger partial charge in [0.2, 0.25) is 0 Å². The molecule has 2 heterocycles. The van der Waals surface area contributed by atoms with Crippen LogP contribution in [-0.4, -0.2) is 47.8 Å². The van der Waals surface area contributed by atoms with Gasteiger partial charge in [-0.1, -0.05) is 0 Å². The molecule has 0 saturated carbocycles. The normalized spacial score (nSPS) is 10.8. The largest absolute Gasteiger partial charge is 0.462 e. The van der Waals surface area contributed by atoms with Gasteiger partial charge in [-0.05, 0) is 19.4 Å². The number of fused-ring (bicyclic) bond motifs is 1. The van der Waals surface area contributed by atoms with Crippen LogP contribution in [0.4, 0.5) is 5.82 Å². The van der Waals surface area contributed by atoms with Crippen molar-refractivity contribution in [2.75, 3.05) is 31.7 Å². The molecule has 2 aromatic rings. The topological polar surface area (TPSA) is 75.5 Å². The lowest BCUT2D eigenvalue weighted by molar-refractivity contribution is 0.0531. The molecule has 7 heteroatoms. The number of rotatable bonds is 5. The molecule has 0 spiro atoms. The van der Waals surface area contributed by atoms with E-state index < -0.39 is 0 Å². The zero-order valence-corrected chi connectivity index (χ0v) is 12.5. The van der Waals surface area contributed by atoms with E-state index in [4.69, 9.17) is 9.84 Å². The Labute approximate surface area is 121 Å². The van der Waals surface area contributed by atoms with Crippen LogP contribution in [0.25, 0.3) is 10.2 Å². The molecule has 108 valence electrons. The summed E-state index contributed by atoms with van der Waals surface area (Å²) in [5.74, 6) is 0.386. The first-order chi connectivity index (χ1) is 9.60. The molecule has 0 radical (unpaired) electrons. The fourth-order valence-corrected chi connectivity index (χ4v) is 3.03. The van der Waals surface area contributed by atoms with Crippen molar-refractivity contribution in [3.63, 3.8) is 0 Å². The van der Waals surface area contributed by atoms with E-state index in [2.05, 4.69) is 9.97 Å². The second-order valence-electron chi connectivity index (χ2n) is 4.30. The second-order valence-corrected chi connectivity index (χ2v) is 5.30. The number of aliphatic hydroxyl groups excluding tert-OH is 1. The van der Waals surface area contributed by atoms with Crippen LogP contribution >= 0.6 is 11.3 Å². The van der Waals surface area contributed by atoms with Crippen molar-refractivity contribution in [3.8, 4) is 0 Å². The van der Waals surface area contributed by atoms with E-state index in [1.165, 1.54) is 17.7 Å². The van der Waals surface area contributed by atoms with Gasteiger partial charge in [0, 0.05) is 13.6 Å². The summed E-state index contributed by atoms with van der Waals surface area (Å²) in [6, 6.07) is 0. The predicted octanol–water partition coefficient (Wildman–Crippen LogP) is 1.60. The highest BCUT2D eigenvalue weighted by Gasteiger charge is 2.21. The van der Waals surface area contributed by atoms with Gasteiger partial charge < -0.3 is 14.7 Å². The minimum atomic E-state index is -0.330. The third kappa shape index (κ3) is 2.59. The molecule has 20 heavy (non-hydrogen) atoms. The monoisotopic (exact) mass is 295 g/mol. The van der Waals surface area contributed by atoms with Crippen molar-refractivity contribution in [2.24, 2.45) is 0 Å². The number of anilines is 1. The molecule has 0 amide bonds. The number of nitrogens with zero attached hydrogens (tertiary/aromatic N) is 3. The van der Waals surface area contributed by atoms with Crippen molar-refractivity contribution in [1.29, 1.82) is 0 Å². The third-order valence-corrected chi connectivity index (χ3v) is 4.14. The molecule has 2 aromatic heterocycles. The summed E-state index contributed by atoms with van der Waals surface area (Å²) >= 11 is 1.31. The van der Waals surface area contributed by atoms with Crippen molar-refractivity contribution < 1.29 is 14.6 Å². The Morgan fingerprint density at radius 3 is 2.90 bits per heavy atom. The van der Waals surface area contributed by atoms with E-state index in [1.807, 2.05) is 18.9 Å². The minimum absolute atomic E-state index is 0.0376. The van der Waals surface area contributed by atoms with E-state index >= 15 is 0 Å². The molecular formula is C13H17N3O3S. The summed E-state index contributed by atoms with van der Waals surface area (Å²) in [4.78, 5) is 23.6. The van der Waals surface area contributed by atoms with Crippen molar-refractivity contribution >= 4 is 33.3 Å². The molecule has 0 bridgehead atoms. The van der Waals surface area contributed by atoms with E-state index in [-0.39, 0.29) is 12.6 Å². The minimum Gasteiger partial charge on any atom is -0.462 e. The standard InChI is InChI=1S/C13H17N3O3S/c1-4-19-13(18)10-8(2)9-11(16(3)5-6-17)14-7-15-12(9)20-10/h7,17H,4-6H2,1-3H3. The van der Waals surface area contributed by atoms with Gasteiger partial charge in [0.25, 0.3) is 0 Å². The second kappa shape index (κ2) is 6.15. The molecule has 6 nitrogen and oxygen atoms in total. The van der Waals surface area contributed by atoms with E-state index in [9.17, 15) is 4.79 Å². The average molecular weight is 295 g/mol.